The van der Waals surface area contributed by atoms with Crippen molar-refractivity contribution < 1.29 is 22.5 Å². The van der Waals surface area contributed by atoms with Gasteiger partial charge in [0.15, 0.2) is 0 Å². The third kappa shape index (κ3) is 15.1. The lowest BCUT2D eigenvalue weighted by atomic mass is 9.96. The number of ether oxygens (including phenoxy) is 1. The topological polar surface area (TPSA) is 92.7 Å². The third-order valence-electron chi connectivity index (χ3n) is 2.33. The van der Waals surface area contributed by atoms with Gasteiger partial charge in [0.25, 0.3) is 10.1 Å². The number of hydrogen-bond acceptors (Lipinski definition) is 4. The van der Waals surface area contributed by atoms with Crippen molar-refractivity contribution in [3.63, 3.8) is 0 Å². The first-order valence-corrected chi connectivity index (χ1v) is 8.24. The van der Waals surface area contributed by atoms with Gasteiger partial charge in [-0.3, -0.25) is 4.55 Å². The molecule has 19 heavy (non-hydrogen) atoms. The van der Waals surface area contributed by atoms with E-state index < -0.39 is 15.7 Å². The normalized spacial score (nSPS) is 17.1. The first-order valence-electron chi connectivity index (χ1n) is 6.39. The number of rotatable bonds is 1. The van der Waals surface area contributed by atoms with Gasteiger partial charge in [-0.05, 0) is 33.6 Å². The molecule has 1 aliphatic rings. The van der Waals surface area contributed by atoms with Gasteiger partial charge < -0.3 is 10.1 Å². The number of carbonyl (C=O) groups is 1. The van der Waals surface area contributed by atoms with E-state index in [2.05, 4.69) is 5.32 Å². The van der Waals surface area contributed by atoms with Crippen LogP contribution in [0.2, 0.25) is 0 Å². The smallest absolute Gasteiger partial charge is 0.407 e. The van der Waals surface area contributed by atoms with Crippen molar-refractivity contribution in [1.29, 1.82) is 0 Å². The molecule has 0 heterocycles. The highest BCUT2D eigenvalue weighted by Gasteiger charge is 2.20. The van der Waals surface area contributed by atoms with Crippen LogP contribution < -0.4 is 5.32 Å². The van der Waals surface area contributed by atoms with E-state index in [1.54, 1.807) is 0 Å². The molecule has 0 spiro atoms. The molecule has 0 atom stereocenters. The van der Waals surface area contributed by atoms with Gasteiger partial charge in [0.05, 0.1) is 6.26 Å². The molecule has 0 bridgehead atoms. The molecule has 0 saturated heterocycles. The minimum absolute atomic E-state index is 0.274. The lowest BCUT2D eigenvalue weighted by Gasteiger charge is -2.25. The highest BCUT2D eigenvalue weighted by atomic mass is 32.2. The summed E-state index contributed by atoms with van der Waals surface area (Å²) in [6.07, 6.45) is 6.38. The predicted molar refractivity (Wildman–Crippen MR) is 73.7 cm³/mol. The van der Waals surface area contributed by atoms with Crippen LogP contribution in [0.3, 0.4) is 0 Å². The minimum Gasteiger partial charge on any atom is -0.444 e. The molecule has 0 aromatic carbocycles. The van der Waals surface area contributed by atoms with Crippen LogP contribution in [0.15, 0.2) is 0 Å². The van der Waals surface area contributed by atoms with E-state index in [1.807, 2.05) is 20.8 Å². The molecular formula is C12H25NO5S. The van der Waals surface area contributed by atoms with Crippen molar-refractivity contribution in [2.75, 3.05) is 6.26 Å². The lowest BCUT2D eigenvalue weighted by molar-refractivity contribution is 0.0493. The Bertz CT molecular complexity index is 358. The standard InChI is InChI=1S/C11H21NO2.CH4O3S/c1-11(2,3)14-10(13)12-9-7-5-4-6-8-9;1-5(2,3)4/h9H,4-8H2,1-3H3,(H,12,13);1H3,(H,2,3,4). The fraction of sp³-hybridized carbons (Fsp3) is 0.917. The summed E-state index contributed by atoms with van der Waals surface area (Å²) in [5, 5.41) is 2.91. The molecular weight excluding hydrogens is 270 g/mol. The number of alkyl carbamates (subject to hydrolysis) is 1. The first kappa shape index (κ1) is 18.2. The Morgan fingerprint density at radius 3 is 2.00 bits per heavy atom. The molecule has 7 heteroatoms. The van der Waals surface area contributed by atoms with Crippen molar-refractivity contribution in [2.24, 2.45) is 0 Å². The van der Waals surface area contributed by atoms with E-state index in [0.29, 0.717) is 12.3 Å². The quantitative estimate of drug-likeness (QED) is 0.724. The summed E-state index contributed by atoms with van der Waals surface area (Å²) in [5.41, 5.74) is -0.390. The summed E-state index contributed by atoms with van der Waals surface area (Å²) in [6.45, 7) is 5.65. The minimum atomic E-state index is -3.67. The Balaban J connectivity index is 0.000000555. The fourth-order valence-electron chi connectivity index (χ4n) is 1.72. The maximum Gasteiger partial charge on any atom is 0.407 e. The van der Waals surface area contributed by atoms with Gasteiger partial charge in [-0.2, -0.15) is 8.42 Å². The Hall–Kier alpha value is -0.820. The van der Waals surface area contributed by atoms with Crippen LogP contribution in [-0.4, -0.2) is 37.0 Å². The van der Waals surface area contributed by atoms with Crippen LogP contribution in [-0.2, 0) is 14.9 Å². The van der Waals surface area contributed by atoms with Gasteiger partial charge in [-0.25, -0.2) is 4.79 Å². The Morgan fingerprint density at radius 1 is 1.21 bits per heavy atom. The molecule has 1 fully saturated rings. The molecule has 2 N–H and O–H groups in total. The van der Waals surface area contributed by atoms with Crippen LogP contribution in [0, 0.1) is 0 Å². The van der Waals surface area contributed by atoms with Crippen molar-refractivity contribution in [3.8, 4) is 0 Å². The van der Waals surface area contributed by atoms with Gasteiger partial charge in [-0.15, -0.1) is 0 Å². The Morgan fingerprint density at radius 2 is 1.63 bits per heavy atom. The Kier molecular flexibility index (Phi) is 7.36. The van der Waals surface area contributed by atoms with Crippen LogP contribution in [0.4, 0.5) is 4.79 Å². The number of hydrogen-bond donors (Lipinski definition) is 2. The van der Waals surface area contributed by atoms with Crippen LogP contribution in [0.5, 0.6) is 0 Å². The molecule has 0 aromatic rings. The Labute approximate surface area is 115 Å². The monoisotopic (exact) mass is 295 g/mol. The molecule has 114 valence electrons. The summed E-state index contributed by atoms with van der Waals surface area (Å²) >= 11 is 0. The molecule has 6 nitrogen and oxygen atoms in total. The highest BCUT2D eigenvalue weighted by Crippen LogP contribution is 2.18. The second kappa shape index (κ2) is 7.69. The number of amides is 1. The van der Waals surface area contributed by atoms with Gasteiger partial charge >= 0.3 is 6.09 Å². The number of nitrogens with one attached hydrogen (secondary N) is 1. The molecule has 1 amide bonds. The zero-order chi connectivity index (χ0) is 15.1. The van der Waals surface area contributed by atoms with Gasteiger partial charge in [0.2, 0.25) is 0 Å². The summed E-state index contributed by atoms with van der Waals surface area (Å²) in [4.78, 5) is 11.4. The van der Waals surface area contributed by atoms with Gasteiger partial charge in [0.1, 0.15) is 5.60 Å². The average molecular weight is 295 g/mol. The predicted octanol–water partition coefficient (Wildman–Crippen LogP) is 2.35. The summed E-state index contributed by atoms with van der Waals surface area (Å²) in [6, 6.07) is 0.332. The van der Waals surface area contributed by atoms with E-state index >= 15 is 0 Å². The largest absolute Gasteiger partial charge is 0.444 e. The molecule has 1 rings (SSSR count). The molecule has 0 radical (unpaired) electrons. The maximum absolute atomic E-state index is 11.4. The van der Waals surface area contributed by atoms with Crippen LogP contribution in [0.25, 0.3) is 0 Å². The van der Waals surface area contributed by atoms with Crippen molar-refractivity contribution >= 4 is 16.2 Å². The third-order valence-corrected chi connectivity index (χ3v) is 2.33. The SMILES string of the molecule is CC(C)(C)OC(=O)NC1CCCCC1.CS(=O)(=O)O. The molecule has 0 aromatic heterocycles. The highest BCUT2D eigenvalue weighted by molar-refractivity contribution is 7.85. The van der Waals surface area contributed by atoms with Gasteiger partial charge in [-0.1, -0.05) is 19.3 Å². The fourth-order valence-corrected chi connectivity index (χ4v) is 1.72. The summed E-state index contributed by atoms with van der Waals surface area (Å²) in [7, 11) is -3.67. The molecule has 0 unspecified atom stereocenters. The van der Waals surface area contributed by atoms with Gasteiger partial charge in [0, 0.05) is 6.04 Å². The molecule has 1 aliphatic carbocycles. The van der Waals surface area contributed by atoms with E-state index in [9.17, 15) is 13.2 Å². The molecule has 0 aliphatic heterocycles. The number of carbonyl (C=O) groups excluding carboxylic acids is 1. The summed E-state index contributed by atoms with van der Waals surface area (Å²) in [5.74, 6) is 0. The second-order valence-electron chi connectivity index (χ2n) is 5.71. The average Bonchev–Trinajstić information content (AvgIpc) is 2.12. The van der Waals surface area contributed by atoms with Crippen molar-refractivity contribution in [3.05, 3.63) is 0 Å². The van der Waals surface area contributed by atoms with Crippen molar-refractivity contribution in [2.45, 2.75) is 64.5 Å². The zero-order valence-corrected chi connectivity index (χ0v) is 12.9. The van der Waals surface area contributed by atoms with Crippen molar-refractivity contribution in [1.82, 2.24) is 5.32 Å². The molecule has 1 saturated carbocycles. The zero-order valence-electron chi connectivity index (χ0n) is 12.1. The summed E-state index contributed by atoms with van der Waals surface area (Å²) < 4.78 is 31.1. The van der Waals surface area contributed by atoms with Crippen LogP contribution >= 0.6 is 0 Å². The van der Waals surface area contributed by atoms with E-state index in [-0.39, 0.29) is 6.09 Å². The first-order chi connectivity index (χ1) is 8.47. The van der Waals surface area contributed by atoms with E-state index in [1.165, 1.54) is 19.3 Å². The van der Waals surface area contributed by atoms with E-state index in [0.717, 1.165) is 12.8 Å². The van der Waals surface area contributed by atoms with E-state index in [4.69, 9.17) is 9.29 Å². The van der Waals surface area contributed by atoms with Crippen LogP contribution in [0.1, 0.15) is 52.9 Å². The second-order valence-corrected chi connectivity index (χ2v) is 7.18. The lowest BCUT2D eigenvalue weighted by Crippen LogP contribution is -2.39. The maximum atomic E-state index is 11.4.